The second-order valence-corrected chi connectivity index (χ2v) is 8.02. The first-order valence-electron chi connectivity index (χ1n) is 12.5. The van der Waals surface area contributed by atoms with Crippen molar-refractivity contribution in [2.75, 3.05) is 50.0 Å². The lowest BCUT2D eigenvalue weighted by molar-refractivity contribution is -0.117. The third-order valence-electron chi connectivity index (χ3n) is 5.11. The van der Waals surface area contributed by atoms with E-state index in [1.54, 1.807) is 0 Å². The summed E-state index contributed by atoms with van der Waals surface area (Å²) in [7, 11) is 0. The lowest BCUT2D eigenvalue weighted by Gasteiger charge is -2.16. The molecule has 0 atom stereocenters. The van der Waals surface area contributed by atoms with Gasteiger partial charge in [0, 0.05) is 38.4 Å². The predicted molar refractivity (Wildman–Crippen MR) is 146 cm³/mol. The minimum Gasteiger partial charge on any atom is -0.491 e. The van der Waals surface area contributed by atoms with Gasteiger partial charge in [-0.1, -0.05) is 19.7 Å². The van der Waals surface area contributed by atoms with Crippen LogP contribution in [0.3, 0.4) is 0 Å². The molecule has 1 aromatic rings. The van der Waals surface area contributed by atoms with Gasteiger partial charge in [0.05, 0.1) is 12.3 Å². The molecule has 198 valence electrons. The van der Waals surface area contributed by atoms with Crippen molar-refractivity contribution < 1.29 is 19.1 Å². The molecular formula is C27H41N5O4. The minimum absolute atomic E-state index is 0.154. The first kappa shape index (κ1) is 30.3. The van der Waals surface area contributed by atoms with E-state index in [4.69, 9.17) is 4.74 Å². The van der Waals surface area contributed by atoms with E-state index in [9.17, 15) is 14.4 Å². The molecule has 9 nitrogen and oxygen atoms in total. The van der Waals surface area contributed by atoms with Crippen molar-refractivity contribution >= 4 is 29.1 Å². The highest BCUT2D eigenvalue weighted by Crippen LogP contribution is 2.28. The van der Waals surface area contributed by atoms with Crippen LogP contribution in [0.4, 0.5) is 11.4 Å². The van der Waals surface area contributed by atoms with Crippen LogP contribution >= 0.6 is 0 Å². The van der Waals surface area contributed by atoms with Gasteiger partial charge in [0.25, 0.3) is 0 Å². The number of carbonyl (C=O) groups excluding carboxylic acids is 3. The first-order valence-corrected chi connectivity index (χ1v) is 12.5. The maximum atomic E-state index is 11.2. The number of ether oxygens (including phenoxy) is 1. The fourth-order valence-corrected chi connectivity index (χ4v) is 3.12. The maximum Gasteiger partial charge on any atom is 0.243 e. The van der Waals surface area contributed by atoms with Gasteiger partial charge >= 0.3 is 0 Å². The number of hydrogen-bond donors (Lipinski definition) is 5. The first-order chi connectivity index (χ1) is 17.5. The zero-order valence-electron chi connectivity index (χ0n) is 21.2. The molecule has 0 heterocycles. The van der Waals surface area contributed by atoms with E-state index >= 15 is 0 Å². The van der Waals surface area contributed by atoms with Crippen molar-refractivity contribution in [2.45, 2.75) is 38.5 Å². The quantitative estimate of drug-likeness (QED) is 0.131. The summed E-state index contributed by atoms with van der Waals surface area (Å²) in [6.45, 7) is 14.2. The Morgan fingerprint density at radius 1 is 0.667 bits per heavy atom. The van der Waals surface area contributed by atoms with Gasteiger partial charge in [0.2, 0.25) is 17.7 Å². The number of nitrogens with one attached hydrogen (secondary N) is 5. The van der Waals surface area contributed by atoms with Crippen molar-refractivity contribution in [2.24, 2.45) is 0 Å². The van der Waals surface area contributed by atoms with Crippen molar-refractivity contribution in [3.8, 4) is 5.75 Å². The van der Waals surface area contributed by atoms with Gasteiger partial charge in [-0.15, -0.1) is 0 Å². The summed E-state index contributed by atoms with van der Waals surface area (Å²) in [6, 6.07) is 5.95. The Labute approximate surface area is 214 Å². The molecule has 0 bridgehead atoms. The van der Waals surface area contributed by atoms with E-state index in [1.807, 2.05) is 18.2 Å². The Morgan fingerprint density at radius 2 is 1.14 bits per heavy atom. The maximum absolute atomic E-state index is 11.2. The lowest BCUT2D eigenvalue weighted by atomic mass is 10.2. The fraction of sp³-hybridized carbons (Fsp3) is 0.444. The van der Waals surface area contributed by atoms with E-state index in [0.29, 0.717) is 26.2 Å². The molecule has 0 spiro atoms. The van der Waals surface area contributed by atoms with Crippen LogP contribution in [0.1, 0.15) is 38.5 Å². The summed E-state index contributed by atoms with van der Waals surface area (Å²) in [5.41, 5.74) is 1.87. The third kappa shape index (κ3) is 14.5. The molecule has 0 fully saturated rings. The SMILES string of the molecule is C=CC(=O)NCCCCNc1ccc(OCCCCNC(=O)C=C)c(NCCCCNC(=O)C=C)c1. The summed E-state index contributed by atoms with van der Waals surface area (Å²) < 4.78 is 6.00. The summed E-state index contributed by atoms with van der Waals surface area (Å²) >= 11 is 0. The van der Waals surface area contributed by atoms with Crippen LogP contribution in [-0.2, 0) is 14.4 Å². The molecule has 0 aliphatic carbocycles. The molecular weight excluding hydrogens is 458 g/mol. The monoisotopic (exact) mass is 499 g/mol. The van der Waals surface area contributed by atoms with Crippen LogP contribution in [0.5, 0.6) is 5.75 Å². The number of carbonyl (C=O) groups is 3. The Morgan fingerprint density at radius 3 is 1.67 bits per heavy atom. The van der Waals surface area contributed by atoms with Crippen LogP contribution in [0.15, 0.2) is 56.2 Å². The van der Waals surface area contributed by atoms with Crippen molar-refractivity contribution in [1.82, 2.24) is 16.0 Å². The highest BCUT2D eigenvalue weighted by Gasteiger charge is 2.06. The van der Waals surface area contributed by atoms with Crippen LogP contribution in [0.2, 0.25) is 0 Å². The number of rotatable bonds is 21. The van der Waals surface area contributed by atoms with Gasteiger partial charge in [0.15, 0.2) is 0 Å². The van der Waals surface area contributed by atoms with E-state index in [-0.39, 0.29) is 17.7 Å². The third-order valence-corrected chi connectivity index (χ3v) is 5.11. The van der Waals surface area contributed by atoms with E-state index in [1.165, 1.54) is 18.2 Å². The van der Waals surface area contributed by atoms with Crippen molar-refractivity contribution in [3.05, 3.63) is 56.2 Å². The van der Waals surface area contributed by atoms with Gasteiger partial charge in [-0.2, -0.15) is 0 Å². The average Bonchev–Trinajstić information content (AvgIpc) is 2.90. The second-order valence-electron chi connectivity index (χ2n) is 8.02. The molecule has 0 aliphatic rings. The van der Waals surface area contributed by atoms with Crippen LogP contribution in [0, 0.1) is 0 Å². The minimum atomic E-state index is -0.170. The predicted octanol–water partition coefficient (Wildman–Crippen LogP) is 3.14. The number of amides is 3. The molecule has 3 amide bonds. The lowest BCUT2D eigenvalue weighted by Crippen LogP contribution is -2.22. The van der Waals surface area contributed by atoms with Gasteiger partial charge in [-0.05, 0) is 75.0 Å². The fourth-order valence-electron chi connectivity index (χ4n) is 3.12. The highest BCUT2D eigenvalue weighted by molar-refractivity contribution is 5.87. The number of unbranched alkanes of at least 4 members (excludes halogenated alkanes) is 3. The van der Waals surface area contributed by atoms with E-state index in [0.717, 1.165) is 68.7 Å². The van der Waals surface area contributed by atoms with Crippen LogP contribution in [0.25, 0.3) is 0 Å². The Hall–Kier alpha value is -3.75. The highest BCUT2D eigenvalue weighted by atomic mass is 16.5. The van der Waals surface area contributed by atoms with Gasteiger partial charge in [0.1, 0.15) is 5.75 Å². The standard InChI is InChI=1S/C27H41N5O4/c1-4-25(33)30-17-9-7-15-28-22-13-14-24(36-20-12-11-19-32-27(35)6-3)23(21-22)29-16-8-10-18-31-26(34)5-2/h4-6,13-14,21,28-29H,1-3,7-12,15-20H2,(H,30,33)(H,31,34)(H,32,35). The Balaban J connectivity index is 2.52. The smallest absolute Gasteiger partial charge is 0.243 e. The summed E-state index contributed by atoms with van der Waals surface area (Å²) in [5.74, 6) is 0.280. The molecule has 1 aromatic carbocycles. The molecule has 1 rings (SSSR count). The number of anilines is 2. The van der Waals surface area contributed by atoms with E-state index in [2.05, 4.69) is 46.3 Å². The summed E-state index contributed by atoms with van der Waals surface area (Å²) in [6.07, 6.45) is 8.94. The van der Waals surface area contributed by atoms with E-state index < -0.39 is 0 Å². The van der Waals surface area contributed by atoms with Crippen molar-refractivity contribution in [1.29, 1.82) is 0 Å². The summed E-state index contributed by atoms with van der Waals surface area (Å²) in [5, 5.41) is 15.1. The zero-order valence-corrected chi connectivity index (χ0v) is 21.2. The largest absolute Gasteiger partial charge is 0.491 e. The topological polar surface area (TPSA) is 121 Å². The van der Waals surface area contributed by atoms with Crippen LogP contribution < -0.4 is 31.3 Å². The zero-order chi connectivity index (χ0) is 26.4. The molecule has 0 saturated heterocycles. The Bertz CT molecular complexity index is 857. The van der Waals surface area contributed by atoms with Gasteiger partial charge in [-0.25, -0.2) is 0 Å². The number of benzene rings is 1. The van der Waals surface area contributed by atoms with Gasteiger partial charge < -0.3 is 31.3 Å². The number of hydrogen-bond acceptors (Lipinski definition) is 6. The summed E-state index contributed by atoms with van der Waals surface area (Å²) in [4.78, 5) is 33.6. The van der Waals surface area contributed by atoms with Gasteiger partial charge in [-0.3, -0.25) is 14.4 Å². The average molecular weight is 500 g/mol. The van der Waals surface area contributed by atoms with Crippen molar-refractivity contribution in [3.63, 3.8) is 0 Å². The molecule has 36 heavy (non-hydrogen) atoms. The molecule has 0 aromatic heterocycles. The molecule has 5 N–H and O–H groups in total. The molecule has 0 radical (unpaired) electrons. The van der Waals surface area contributed by atoms with Crippen LogP contribution in [-0.4, -0.2) is 57.1 Å². The Kier molecular flexibility index (Phi) is 16.4. The molecule has 0 saturated carbocycles. The normalized spacial score (nSPS) is 10.0. The second kappa shape index (κ2) is 19.5. The molecule has 9 heteroatoms. The molecule has 0 unspecified atom stereocenters. The molecule has 0 aliphatic heterocycles.